The van der Waals surface area contributed by atoms with Crippen molar-refractivity contribution in [1.82, 2.24) is 4.90 Å². The molecule has 0 aliphatic heterocycles. The summed E-state index contributed by atoms with van der Waals surface area (Å²) in [5.41, 5.74) is 5.85. The van der Waals surface area contributed by atoms with Gasteiger partial charge in [0.05, 0.1) is 5.75 Å². The Balaban J connectivity index is 2.58. The second kappa shape index (κ2) is 7.46. The lowest BCUT2D eigenvalue weighted by atomic mass is 9.83. The highest BCUT2D eigenvalue weighted by Gasteiger charge is 2.28. The average Bonchev–Trinajstić information content (AvgIpc) is 2.40. The van der Waals surface area contributed by atoms with Crippen molar-refractivity contribution in [3.8, 4) is 0 Å². The van der Waals surface area contributed by atoms with Crippen molar-refractivity contribution < 1.29 is 8.42 Å². The molecule has 1 rings (SSSR count). The summed E-state index contributed by atoms with van der Waals surface area (Å²) in [6.45, 7) is 6.13. The predicted octanol–water partition coefficient (Wildman–Crippen LogP) is 1.26. The SMILES string of the molecule is CCN(CCS(=O)(=O)CC)C1CCCCC1CN. The molecular formula is C13H28N2O2S. The molecule has 5 heteroatoms. The van der Waals surface area contributed by atoms with Crippen molar-refractivity contribution in [2.45, 2.75) is 45.6 Å². The molecule has 0 heterocycles. The van der Waals surface area contributed by atoms with Gasteiger partial charge >= 0.3 is 0 Å². The summed E-state index contributed by atoms with van der Waals surface area (Å²) in [5.74, 6) is 1.07. The zero-order valence-corrected chi connectivity index (χ0v) is 12.6. The van der Waals surface area contributed by atoms with Crippen LogP contribution in [-0.2, 0) is 9.84 Å². The smallest absolute Gasteiger partial charge is 0.151 e. The minimum Gasteiger partial charge on any atom is -0.330 e. The van der Waals surface area contributed by atoms with E-state index >= 15 is 0 Å². The first kappa shape index (κ1) is 15.9. The van der Waals surface area contributed by atoms with Crippen molar-refractivity contribution in [2.24, 2.45) is 11.7 Å². The first-order valence-corrected chi connectivity index (χ1v) is 9.00. The summed E-state index contributed by atoms with van der Waals surface area (Å²) in [5, 5.41) is 0. The fourth-order valence-corrected chi connectivity index (χ4v) is 3.70. The van der Waals surface area contributed by atoms with Gasteiger partial charge in [-0.1, -0.05) is 26.7 Å². The summed E-state index contributed by atoms with van der Waals surface area (Å²) in [6, 6.07) is 0.487. The number of nitrogens with two attached hydrogens (primary N) is 1. The molecule has 4 nitrogen and oxygen atoms in total. The normalized spacial score (nSPS) is 25.6. The molecule has 108 valence electrons. The second-order valence-electron chi connectivity index (χ2n) is 5.21. The number of sulfone groups is 1. The van der Waals surface area contributed by atoms with E-state index in [1.165, 1.54) is 25.7 Å². The van der Waals surface area contributed by atoms with E-state index in [2.05, 4.69) is 11.8 Å². The molecular weight excluding hydrogens is 248 g/mol. The molecule has 1 aliphatic carbocycles. The molecule has 0 saturated heterocycles. The summed E-state index contributed by atoms with van der Waals surface area (Å²) in [6.07, 6.45) is 4.88. The molecule has 0 spiro atoms. The summed E-state index contributed by atoms with van der Waals surface area (Å²) in [7, 11) is -2.86. The molecule has 0 amide bonds. The molecule has 1 aliphatic rings. The Morgan fingerprint density at radius 2 is 1.89 bits per heavy atom. The van der Waals surface area contributed by atoms with Gasteiger partial charge in [-0.2, -0.15) is 0 Å². The third kappa shape index (κ3) is 4.52. The van der Waals surface area contributed by atoms with Crippen LogP contribution in [0.4, 0.5) is 0 Å². The van der Waals surface area contributed by atoms with E-state index in [0.717, 1.165) is 13.1 Å². The van der Waals surface area contributed by atoms with E-state index in [4.69, 9.17) is 5.73 Å². The molecule has 2 unspecified atom stereocenters. The first-order chi connectivity index (χ1) is 8.54. The lowest BCUT2D eigenvalue weighted by Crippen LogP contribution is -2.46. The lowest BCUT2D eigenvalue weighted by Gasteiger charge is -2.39. The molecule has 18 heavy (non-hydrogen) atoms. The largest absolute Gasteiger partial charge is 0.330 e. The maximum absolute atomic E-state index is 11.6. The highest BCUT2D eigenvalue weighted by Crippen LogP contribution is 2.27. The minimum atomic E-state index is -2.86. The lowest BCUT2D eigenvalue weighted by molar-refractivity contribution is 0.119. The third-order valence-electron chi connectivity index (χ3n) is 4.18. The van der Waals surface area contributed by atoms with Crippen LogP contribution < -0.4 is 5.73 Å². The van der Waals surface area contributed by atoms with Crippen LogP contribution in [-0.4, -0.2) is 50.5 Å². The fourth-order valence-electron chi connectivity index (χ4n) is 2.90. The van der Waals surface area contributed by atoms with E-state index in [0.29, 0.717) is 18.5 Å². The number of rotatable bonds is 7. The van der Waals surface area contributed by atoms with Crippen LogP contribution in [0.1, 0.15) is 39.5 Å². The van der Waals surface area contributed by atoms with Crippen LogP contribution in [0.3, 0.4) is 0 Å². The molecule has 1 saturated carbocycles. The van der Waals surface area contributed by atoms with Crippen LogP contribution >= 0.6 is 0 Å². The van der Waals surface area contributed by atoms with Crippen molar-refractivity contribution in [1.29, 1.82) is 0 Å². The van der Waals surface area contributed by atoms with Gasteiger partial charge in [-0.15, -0.1) is 0 Å². The quantitative estimate of drug-likeness (QED) is 0.760. The Morgan fingerprint density at radius 3 is 2.44 bits per heavy atom. The molecule has 0 aromatic rings. The van der Waals surface area contributed by atoms with Gasteiger partial charge in [0.2, 0.25) is 0 Å². The van der Waals surface area contributed by atoms with Crippen molar-refractivity contribution in [3.05, 3.63) is 0 Å². The maximum Gasteiger partial charge on any atom is 0.151 e. The van der Waals surface area contributed by atoms with Gasteiger partial charge in [0.25, 0.3) is 0 Å². The summed E-state index contributed by atoms with van der Waals surface area (Å²) < 4.78 is 23.2. The third-order valence-corrected chi connectivity index (χ3v) is 5.86. The van der Waals surface area contributed by atoms with E-state index in [1.807, 2.05) is 0 Å². The molecule has 0 radical (unpaired) electrons. The highest BCUT2D eigenvalue weighted by molar-refractivity contribution is 7.91. The zero-order chi connectivity index (χ0) is 13.6. The van der Waals surface area contributed by atoms with Gasteiger partial charge in [0.1, 0.15) is 0 Å². The number of hydrogen-bond acceptors (Lipinski definition) is 4. The maximum atomic E-state index is 11.6. The van der Waals surface area contributed by atoms with Crippen LogP contribution in [0.2, 0.25) is 0 Å². The fraction of sp³-hybridized carbons (Fsp3) is 1.00. The molecule has 1 fully saturated rings. The average molecular weight is 276 g/mol. The summed E-state index contributed by atoms with van der Waals surface area (Å²) >= 11 is 0. The van der Waals surface area contributed by atoms with Crippen molar-refractivity contribution >= 4 is 9.84 Å². The van der Waals surface area contributed by atoms with Crippen molar-refractivity contribution in [3.63, 3.8) is 0 Å². The van der Waals surface area contributed by atoms with Gasteiger partial charge < -0.3 is 5.73 Å². The minimum absolute atomic E-state index is 0.246. The van der Waals surface area contributed by atoms with Crippen LogP contribution in [0.25, 0.3) is 0 Å². The molecule has 2 N–H and O–H groups in total. The monoisotopic (exact) mass is 276 g/mol. The first-order valence-electron chi connectivity index (χ1n) is 7.18. The Kier molecular flexibility index (Phi) is 6.60. The van der Waals surface area contributed by atoms with Gasteiger partial charge in [-0.05, 0) is 31.8 Å². The van der Waals surface area contributed by atoms with Crippen LogP contribution in [0.5, 0.6) is 0 Å². The molecule has 0 aromatic carbocycles. The standard InChI is InChI=1S/C13H28N2O2S/c1-3-15(9-10-18(16,17)4-2)13-8-6-5-7-12(13)11-14/h12-13H,3-11,14H2,1-2H3. The molecule has 0 aromatic heterocycles. The van der Waals surface area contributed by atoms with Gasteiger partial charge in [-0.3, -0.25) is 4.90 Å². The van der Waals surface area contributed by atoms with Crippen LogP contribution in [0, 0.1) is 5.92 Å². The number of hydrogen-bond donors (Lipinski definition) is 1. The molecule has 0 bridgehead atoms. The summed E-state index contributed by atoms with van der Waals surface area (Å²) in [4.78, 5) is 2.32. The Morgan fingerprint density at radius 1 is 1.22 bits per heavy atom. The second-order valence-corrected chi connectivity index (χ2v) is 7.69. The number of nitrogens with zero attached hydrogens (tertiary/aromatic N) is 1. The molecule has 2 atom stereocenters. The Hall–Kier alpha value is -0.130. The van der Waals surface area contributed by atoms with Crippen LogP contribution in [0.15, 0.2) is 0 Å². The van der Waals surface area contributed by atoms with E-state index in [1.54, 1.807) is 6.92 Å². The van der Waals surface area contributed by atoms with E-state index in [-0.39, 0.29) is 11.5 Å². The van der Waals surface area contributed by atoms with E-state index < -0.39 is 9.84 Å². The van der Waals surface area contributed by atoms with Crippen molar-refractivity contribution in [2.75, 3.05) is 31.1 Å². The zero-order valence-electron chi connectivity index (χ0n) is 11.8. The Bertz CT molecular complexity index is 330. The topological polar surface area (TPSA) is 63.4 Å². The van der Waals surface area contributed by atoms with E-state index in [9.17, 15) is 8.42 Å². The Labute approximate surface area is 112 Å². The van der Waals surface area contributed by atoms with Gasteiger partial charge in [0.15, 0.2) is 9.84 Å². The van der Waals surface area contributed by atoms with Gasteiger partial charge in [-0.25, -0.2) is 8.42 Å². The predicted molar refractivity (Wildman–Crippen MR) is 76.4 cm³/mol. The van der Waals surface area contributed by atoms with Gasteiger partial charge in [0, 0.05) is 18.3 Å². The highest BCUT2D eigenvalue weighted by atomic mass is 32.2.